The maximum absolute atomic E-state index is 5.95. The van der Waals surface area contributed by atoms with Crippen LogP contribution in [0.4, 0.5) is 0 Å². The van der Waals surface area contributed by atoms with E-state index in [-0.39, 0.29) is 6.04 Å². The minimum atomic E-state index is 0.0982. The third-order valence-corrected chi connectivity index (χ3v) is 4.85. The predicted molar refractivity (Wildman–Crippen MR) is 101 cm³/mol. The second-order valence-electron chi connectivity index (χ2n) is 6.51. The summed E-state index contributed by atoms with van der Waals surface area (Å²) in [6.07, 6.45) is 1.58. The highest BCUT2D eigenvalue weighted by atomic mass is 16.5. The highest BCUT2D eigenvalue weighted by Gasteiger charge is 2.21. The van der Waals surface area contributed by atoms with Gasteiger partial charge >= 0.3 is 0 Å². The minimum Gasteiger partial charge on any atom is -0.496 e. The molecular weight excluding hydrogens is 346 g/mol. The van der Waals surface area contributed by atoms with Crippen LogP contribution in [0.5, 0.6) is 11.5 Å². The van der Waals surface area contributed by atoms with Gasteiger partial charge in [0.05, 0.1) is 31.5 Å². The Morgan fingerprint density at radius 3 is 2.56 bits per heavy atom. The second-order valence-corrected chi connectivity index (χ2v) is 6.51. The molecule has 0 aliphatic rings. The molecule has 0 saturated carbocycles. The van der Waals surface area contributed by atoms with Gasteiger partial charge in [0.1, 0.15) is 29.2 Å². The van der Waals surface area contributed by atoms with E-state index >= 15 is 0 Å². The average molecular weight is 371 g/mol. The van der Waals surface area contributed by atoms with E-state index in [0.717, 1.165) is 34.0 Å². The maximum atomic E-state index is 5.95. The quantitative estimate of drug-likeness (QED) is 0.617. The predicted octanol–water partition coefficient (Wildman–Crippen LogP) is 4.16. The van der Waals surface area contributed by atoms with Gasteiger partial charge in [-0.15, -0.1) is 0 Å². The molecule has 0 spiro atoms. The number of benzene rings is 1. The van der Waals surface area contributed by atoms with E-state index in [1.807, 2.05) is 39.1 Å². The third-order valence-electron chi connectivity index (χ3n) is 4.85. The summed E-state index contributed by atoms with van der Waals surface area (Å²) in [5.41, 5.74) is 3.47. The standard InChI is InChI=1S/C20H25N3O4/c1-12-18(24-5)8-7-15(19(12)25-6)20-21-17(14(3)27-20)11-23(4)13(2)16-9-10-26-22-16/h7-10,13H,11H2,1-6H3. The van der Waals surface area contributed by atoms with Crippen LogP contribution in [0.1, 0.15) is 35.7 Å². The van der Waals surface area contributed by atoms with Crippen molar-refractivity contribution < 1.29 is 18.4 Å². The zero-order valence-corrected chi connectivity index (χ0v) is 16.6. The van der Waals surface area contributed by atoms with Crippen molar-refractivity contribution in [3.8, 4) is 23.0 Å². The van der Waals surface area contributed by atoms with Gasteiger partial charge in [-0.05, 0) is 40.0 Å². The Labute approximate surface area is 158 Å². The second kappa shape index (κ2) is 7.84. The molecule has 2 heterocycles. The summed E-state index contributed by atoms with van der Waals surface area (Å²) in [6.45, 7) is 6.57. The number of nitrogens with zero attached hydrogens (tertiary/aromatic N) is 3. The summed E-state index contributed by atoms with van der Waals surface area (Å²) in [5.74, 6) is 2.78. The lowest BCUT2D eigenvalue weighted by atomic mass is 10.1. The first-order chi connectivity index (χ1) is 13.0. The lowest BCUT2D eigenvalue weighted by molar-refractivity contribution is 0.237. The Morgan fingerprint density at radius 2 is 1.93 bits per heavy atom. The summed E-state index contributed by atoms with van der Waals surface area (Å²) in [5, 5.41) is 4.01. The molecule has 0 amide bonds. The number of ether oxygens (including phenoxy) is 2. The minimum absolute atomic E-state index is 0.0982. The molecule has 7 nitrogen and oxygen atoms in total. The zero-order chi connectivity index (χ0) is 19.6. The van der Waals surface area contributed by atoms with Crippen LogP contribution in [0, 0.1) is 13.8 Å². The van der Waals surface area contributed by atoms with Crippen molar-refractivity contribution in [3.05, 3.63) is 47.2 Å². The van der Waals surface area contributed by atoms with Crippen LogP contribution in [0.2, 0.25) is 0 Å². The molecule has 0 bridgehead atoms. The van der Waals surface area contributed by atoms with Crippen LogP contribution in [-0.2, 0) is 6.54 Å². The molecule has 0 aliphatic carbocycles. The van der Waals surface area contributed by atoms with Crippen LogP contribution in [-0.4, -0.2) is 36.3 Å². The highest BCUT2D eigenvalue weighted by molar-refractivity contribution is 5.68. The van der Waals surface area contributed by atoms with Gasteiger partial charge < -0.3 is 18.4 Å². The Kier molecular flexibility index (Phi) is 5.51. The summed E-state index contributed by atoms with van der Waals surface area (Å²) in [4.78, 5) is 6.86. The van der Waals surface area contributed by atoms with E-state index in [4.69, 9.17) is 23.4 Å². The van der Waals surface area contributed by atoms with Crippen molar-refractivity contribution in [1.29, 1.82) is 0 Å². The van der Waals surface area contributed by atoms with Crippen LogP contribution < -0.4 is 9.47 Å². The fraction of sp³-hybridized carbons (Fsp3) is 0.400. The number of aromatic nitrogens is 2. The molecule has 0 N–H and O–H groups in total. The van der Waals surface area contributed by atoms with Crippen molar-refractivity contribution >= 4 is 0 Å². The van der Waals surface area contributed by atoms with Crippen molar-refractivity contribution in [1.82, 2.24) is 15.0 Å². The van der Waals surface area contributed by atoms with Gasteiger partial charge in [-0.2, -0.15) is 0 Å². The third kappa shape index (κ3) is 3.68. The Hall–Kier alpha value is -2.80. The van der Waals surface area contributed by atoms with Crippen molar-refractivity contribution in [2.24, 2.45) is 0 Å². The number of aryl methyl sites for hydroxylation is 1. The van der Waals surface area contributed by atoms with Gasteiger partial charge in [0.2, 0.25) is 5.89 Å². The average Bonchev–Trinajstić information content (AvgIpc) is 3.31. The first kappa shape index (κ1) is 19.0. The summed E-state index contributed by atoms with van der Waals surface area (Å²) < 4.78 is 21.8. The molecule has 3 rings (SSSR count). The van der Waals surface area contributed by atoms with Gasteiger partial charge in [-0.25, -0.2) is 4.98 Å². The van der Waals surface area contributed by atoms with E-state index < -0.39 is 0 Å². The van der Waals surface area contributed by atoms with E-state index in [0.29, 0.717) is 18.2 Å². The molecule has 1 unspecified atom stereocenters. The summed E-state index contributed by atoms with van der Waals surface area (Å²) >= 11 is 0. The molecule has 0 aliphatic heterocycles. The topological polar surface area (TPSA) is 73.8 Å². The molecule has 1 atom stereocenters. The highest BCUT2D eigenvalue weighted by Crippen LogP contribution is 2.38. The fourth-order valence-electron chi connectivity index (χ4n) is 3.05. The Balaban J connectivity index is 1.88. The van der Waals surface area contributed by atoms with E-state index in [1.54, 1.807) is 20.5 Å². The Morgan fingerprint density at radius 1 is 1.15 bits per heavy atom. The first-order valence-electron chi connectivity index (χ1n) is 8.75. The number of methoxy groups -OCH3 is 2. The molecule has 0 saturated heterocycles. The number of oxazole rings is 1. The van der Waals surface area contributed by atoms with Gasteiger partial charge in [0, 0.05) is 18.2 Å². The SMILES string of the molecule is COc1ccc(-c2nc(CN(C)C(C)c3ccon3)c(C)o2)c(OC)c1C. The molecule has 0 fully saturated rings. The zero-order valence-electron chi connectivity index (χ0n) is 16.6. The van der Waals surface area contributed by atoms with Crippen LogP contribution in [0.25, 0.3) is 11.5 Å². The van der Waals surface area contributed by atoms with E-state index in [2.05, 4.69) is 17.0 Å². The van der Waals surface area contributed by atoms with Gasteiger partial charge in [0.25, 0.3) is 0 Å². The fourth-order valence-corrected chi connectivity index (χ4v) is 3.05. The smallest absolute Gasteiger partial charge is 0.230 e. The van der Waals surface area contributed by atoms with Crippen molar-refractivity contribution in [3.63, 3.8) is 0 Å². The first-order valence-corrected chi connectivity index (χ1v) is 8.75. The van der Waals surface area contributed by atoms with Crippen LogP contribution >= 0.6 is 0 Å². The lowest BCUT2D eigenvalue weighted by Gasteiger charge is -2.21. The number of hydrogen-bond acceptors (Lipinski definition) is 7. The molecule has 0 radical (unpaired) electrons. The summed E-state index contributed by atoms with van der Waals surface area (Å²) in [6, 6.07) is 5.76. The van der Waals surface area contributed by atoms with Crippen LogP contribution in [0.3, 0.4) is 0 Å². The molecule has 3 aromatic rings. The maximum Gasteiger partial charge on any atom is 0.230 e. The Bertz CT molecular complexity index is 902. The largest absolute Gasteiger partial charge is 0.496 e. The number of rotatable bonds is 7. The summed E-state index contributed by atoms with van der Waals surface area (Å²) in [7, 11) is 5.29. The monoisotopic (exact) mass is 371 g/mol. The van der Waals surface area contributed by atoms with E-state index in [9.17, 15) is 0 Å². The van der Waals surface area contributed by atoms with Crippen molar-refractivity contribution in [2.45, 2.75) is 33.4 Å². The van der Waals surface area contributed by atoms with Gasteiger partial charge in [-0.3, -0.25) is 4.90 Å². The van der Waals surface area contributed by atoms with Crippen LogP contribution in [0.15, 0.2) is 33.4 Å². The molecule has 27 heavy (non-hydrogen) atoms. The number of hydrogen-bond donors (Lipinski definition) is 0. The normalized spacial score (nSPS) is 12.4. The molecule has 1 aromatic carbocycles. The lowest BCUT2D eigenvalue weighted by Crippen LogP contribution is -2.22. The van der Waals surface area contributed by atoms with Gasteiger partial charge in [-0.1, -0.05) is 5.16 Å². The molecular formula is C20H25N3O4. The molecule has 7 heteroatoms. The van der Waals surface area contributed by atoms with E-state index in [1.165, 1.54) is 0 Å². The van der Waals surface area contributed by atoms with Crippen molar-refractivity contribution in [2.75, 3.05) is 21.3 Å². The molecule has 144 valence electrons. The molecule has 2 aromatic heterocycles. The van der Waals surface area contributed by atoms with Gasteiger partial charge in [0.15, 0.2) is 0 Å².